The molecule has 0 fully saturated rings. The van der Waals surface area contributed by atoms with Gasteiger partial charge in [0.15, 0.2) is 5.76 Å². The molecule has 3 rings (SSSR count). The van der Waals surface area contributed by atoms with Gasteiger partial charge in [0.2, 0.25) is 6.29 Å². The summed E-state index contributed by atoms with van der Waals surface area (Å²) in [6.07, 6.45) is 3.17. The van der Waals surface area contributed by atoms with E-state index in [-0.39, 0.29) is 11.5 Å². The van der Waals surface area contributed by atoms with Crippen molar-refractivity contribution in [2.24, 2.45) is 12.0 Å². The molecule has 2 unspecified atom stereocenters. The summed E-state index contributed by atoms with van der Waals surface area (Å²) in [5.74, 6) is 0.584. The van der Waals surface area contributed by atoms with Gasteiger partial charge in [0.05, 0.1) is 12.3 Å². The fourth-order valence-corrected chi connectivity index (χ4v) is 3.73. The summed E-state index contributed by atoms with van der Waals surface area (Å²) < 4.78 is 18.6. The molecule has 1 aliphatic rings. The smallest absolute Gasteiger partial charge is 0.452 e. The number of nitrogens with zero attached hydrogens (tertiary/aromatic N) is 3. The Kier molecular flexibility index (Phi) is 8.18. The lowest BCUT2D eigenvalue weighted by Crippen LogP contribution is -2.20. The van der Waals surface area contributed by atoms with E-state index in [2.05, 4.69) is 62.1 Å². The monoisotopic (exact) mass is 467 g/mol. The Balaban J connectivity index is 1.91. The highest BCUT2D eigenvalue weighted by molar-refractivity contribution is 6.03. The summed E-state index contributed by atoms with van der Waals surface area (Å²) in [5, 5.41) is 4.49. The minimum Gasteiger partial charge on any atom is -0.452 e. The van der Waals surface area contributed by atoms with Gasteiger partial charge in [-0.25, -0.2) is 4.79 Å². The number of carbonyl (C=O) groups excluding carboxylic acids is 1. The van der Waals surface area contributed by atoms with Crippen molar-refractivity contribution in [1.29, 1.82) is 0 Å². The third kappa shape index (κ3) is 6.72. The maximum Gasteiger partial charge on any atom is 0.511 e. The van der Waals surface area contributed by atoms with E-state index in [0.717, 1.165) is 41.8 Å². The molecule has 0 aliphatic carbocycles. The first-order valence-corrected chi connectivity index (χ1v) is 12.0. The van der Waals surface area contributed by atoms with Crippen LogP contribution >= 0.6 is 0 Å². The van der Waals surface area contributed by atoms with Crippen molar-refractivity contribution in [3.63, 3.8) is 0 Å². The SMILES string of the molecule is CCCCCOC(=O)OC(C)O/C(=C(\c1ccc(C(C)(C)C)cc1)C1C=N1)c1cc(C)nn1C. The van der Waals surface area contributed by atoms with Gasteiger partial charge >= 0.3 is 6.16 Å². The molecule has 7 nitrogen and oxygen atoms in total. The first-order valence-electron chi connectivity index (χ1n) is 12.0. The highest BCUT2D eigenvalue weighted by Crippen LogP contribution is 2.36. The number of carbonyl (C=O) groups is 1. The number of benzene rings is 1. The molecule has 0 saturated heterocycles. The minimum absolute atomic E-state index is 0.0524. The van der Waals surface area contributed by atoms with Crippen LogP contribution in [0, 0.1) is 6.92 Å². The number of ether oxygens (including phenoxy) is 3. The van der Waals surface area contributed by atoms with Gasteiger partial charge in [-0.3, -0.25) is 9.67 Å². The lowest BCUT2D eigenvalue weighted by molar-refractivity contribution is -0.0673. The summed E-state index contributed by atoms with van der Waals surface area (Å²) in [5.41, 5.74) is 4.86. The number of aliphatic imine (C=N–C) groups is 1. The van der Waals surface area contributed by atoms with Crippen LogP contribution in [0.5, 0.6) is 0 Å². The van der Waals surface area contributed by atoms with Crippen LogP contribution in [-0.4, -0.2) is 41.1 Å². The zero-order valence-electron chi connectivity index (χ0n) is 21.4. The molecule has 2 atom stereocenters. The molecule has 34 heavy (non-hydrogen) atoms. The number of aromatic nitrogens is 2. The van der Waals surface area contributed by atoms with Crippen LogP contribution in [0.3, 0.4) is 0 Å². The average Bonchev–Trinajstić information content (AvgIpc) is 3.53. The Labute approximate surface area is 202 Å². The summed E-state index contributed by atoms with van der Waals surface area (Å²) in [6.45, 7) is 12.6. The Bertz CT molecular complexity index is 1040. The van der Waals surface area contributed by atoms with Crippen LogP contribution in [0.1, 0.15) is 76.4 Å². The zero-order valence-corrected chi connectivity index (χ0v) is 21.4. The first-order chi connectivity index (χ1) is 16.1. The van der Waals surface area contributed by atoms with Crippen LogP contribution in [-0.2, 0) is 26.7 Å². The van der Waals surface area contributed by atoms with Crippen LogP contribution < -0.4 is 0 Å². The topological polar surface area (TPSA) is 74.9 Å². The summed E-state index contributed by atoms with van der Waals surface area (Å²) in [7, 11) is 1.87. The molecule has 1 aliphatic heterocycles. The van der Waals surface area contributed by atoms with Gasteiger partial charge in [0.25, 0.3) is 0 Å². The quantitative estimate of drug-likeness (QED) is 0.184. The molecule has 0 amide bonds. The van der Waals surface area contributed by atoms with Crippen LogP contribution in [0.15, 0.2) is 35.3 Å². The van der Waals surface area contributed by atoms with Gasteiger partial charge in [0.1, 0.15) is 11.7 Å². The number of hydrogen-bond donors (Lipinski definition) is 0. The highest BCUT2D eigenvalue weighted by Gasteiger charge is 2.30. The van der Waals surface area contributed by atoms with Gasteiger partial charge in [0, 0.05) is 25.8 Å². The number of hydrogen-bond acceptors (Lipinski definition) is 6. The molecule has 1 aromatic carbocycles. The van der Waals surface area contributed by atoms with Crippen molar-refractivity contribution in [1.82, 2.24) is 9.78 Å². The Morgan fingerprint density at radius 3 is 2.35 bits per heavy atom. The van der Waals surface area contributed by atoms with Crippen molar-refractivity contribution in [2.75, 3.05) is 6.61 Å². The predicted octanol–water partition coefficient (Wildman–Crippen LogP) is 6.05. The van der Waals surface area contributed by atoms with Crippen molar-refractivity contribution in [2.45, 2.75) is 78.6 Å². The van der Waals surface area contributed by atoms with Gasteiger partial charge in [-0.2, -0.15) is 5.10 Å². The Morgan fingerprint density at radius 1 is 1.15 bits per heavy atom. The van der Waals surface area contributed by atoms with Gasteiger partial charge < -0.3 is 14.2 Å². The van der Waals surface area contributed by atoms with Crippen molar-refractivity contribution in [3.05, 3.63) is 52.8 Å². The van der Waals surface area contributed by atoms with E-state index < -0.39 is 12.4 Å². The summed E-state index contributed by atoms with van der Waals surface area (Å²) in [4.78, 5) is 16.6. The molecule has 184 valence electrons. The van der Waals surface area contributed by atoms with Gasteiger partial charge in [-0.1, -0.05) is 64.8 Å². The van der Waals surface area contributed by atoms with Crippen LogP contribution in [0.25, 0.3) is 11.3 Å². The standard InChI is InChI=1S/C27H37N3O4/c1-8-9-10-15-32-26(31)34-19(3)33-25(23-16-18(2)29-30(23)7)24(22-17-28-22)20-11-13-21(14-12-20)27(4,5)6/h11-14,16-17,19,22H,8-10,15H2,1-7H3/b25-24+. The van der Waals surface area contributed by atoms with E-state index in [1.54, 1.807) is 11.6 Å². The fraction of sp³-hybridized carbons (Fsp3) is 0.519. The molecule has 0 N–H and O–H groups in total. The maximum atomic E-state index is 12.1. The lowest BCUT2D eigenvalue weighted by atomic mass is 9.86. The van der Waals surface area contributed by atoms with E-state index in [1.807, 2.05) is 26.3 Å². The normalized spacial score (nSPS) is 16.6. The summed E-state index contributed by atoms with van der Waals surface area (Å²) in [6, 6.07) is 10.3. The van der Waals surface area contributed by atoms with E-state index >= 15 is 0 Å². The van der Waals surface area contributed by atoms with Crippen molar-refractivity contribution >= 4 is 23.7 Å². The molecule has 0 radical (unpaired) electrons. The molecule has 1 aromatic heterocycles. The highest BCUT2D eigenvalue weighted by atomic mass is 16.8. The largest absolute Gasteiger partial charge is 0.511 e. The summed E-state index contributed by atoms with van der Waals surface area (Å²) >= 11 is 0. The Morgan fingerprint density at radius 2 is 1.82 bits per heavy atom. The van der Waals surface area contributed by atoms with E-state index in [0.29, 0.717) is 12.4 Å². The lowest BCUT2D eigenvalue weighted by Gasteiger charge is -2.22. The average molecular weight is 468 g/mol. The van der Waals surface area contributed by atoms with Crippen LogP contribution in [0.2, 0.25) is 0 Å². The fourth-order valence-electron chi connectivity index (χ4n) is 3.73. The molecule has 0 spiro atoms. The van der Waals surface area contributed by atoms with E-state index in [4.69, 9.17) is 14.2 Å². The first kappa shape index (κ1) is 25.5. The minimum atomic E-state index is -0.855. The number of unbranched alkanes of at least 4 members (excludes halogenated alkanes) is 2. The van der Waals surface area contributed by atoms with E-state index in [1.165, 1.54) is 5.56 Å². The molecular formula is C27H37N3O4. The molecule has 7 heteroatoms. The molecular weight excluding hydrogens is 430 g/mol. The molecule has 0 bridgehead atoms. The molecule has 2 aromatic rings. The third-order valence-corrected chi connectivity index (χ3v) is 5.65. The third-order valence-electron chi connectivity index (χ3n) is 5.65. The maximum absolute atomic E-state index is 12.1. The number of aryl methyl sites for hydroxylation is 2. The van der Waals surface area contributed by atoms with Gasteiger partial charge in [-0.05, 0) is 36.0 Å². The zero-order chi connectivity index (χ0) is 24.9. The second kappa shape index (κ2) is 10.9. The second-order valence-corrected chi connectivity index (χ2v) is 9.72. The number of rotatable bonds is 10. The van der Waals surface area contributed by atoms with Crippen molar-refractivity contribution < 1.29 is 19.0 Å². The second-order valence-electron chi connectivity index (χ2n) is 9.72. The van der Waals surface area contributed by atoms with E-state index in [9.17, 15) is 4.79 Å². The van der Waals surface area contributed by atoms with Gasteiger partial charge in [-0.15, -0.1) is 0 Å². The predicted molar refractivity (Wildman–Crippen MR) is 135 cm³/mol. The molecule has 0 saturated carbocycles. The Hall–Kier alpha value is -3.09. The van der Waals surface area contributed by atoms with Crippen molar-refractivity contribution in [3.8, 4) is 0 Å². The van der Waals surface area contributed by atoms with Crippen LogP contribution in [0.4, 0.5) is 4.79 Å². The molecule has 2 heterocycles.